The molecule has 0 heterocycles. The molecule has 0 fully saturated rings. The number of benzene rings is 1. The molecule has 0 saturated heterocycles. The van der Waals surface area contributed by atoms with Crippen LogP contribution in [0.4, 0.5) is 0 Å². The van der Waals surface area contributed by atoms with Crippen LogP contribution in [0, 0.1) is 0 Å². The Morgan fingerprint density at radius 1 is 1.24 bits per heavy atom. The van der Waals surface area contributed by atoms with E-state index in [4.69, 9.17) is 9.47 Å². The molecule has 0 unspecified atom stereocenters. The first-order valence-corrected chi connectivity index (χ1v) is 6.71. The Morgan fingerprint density at radius 2 is 1.95 bits per heavy atom. The smallest absolute Gasteiger partial charge is 0.239 e. The summed E-state index contributed by atoms with van der Waals surface area (Å²) >= 11 is 0. The Kier molecular flexibility index (Phi) is 7.25. The fraction of sp³-hybridized carbons (Fsp3) is 0.467. The Morgan fingerprint density at radius 3 is 2.57 bits per heavy atom. The normalized spacial score (nSPS) is 10.0. The molecule has 0 radical (unpaired) electrons. The molecule has 0 aliphatic carbocycles. The number of para-hydroxylation sites is 1. The molecule has 0 saturated carbocycles. The van der Waals surface area contributed by atoms with Gasteiger partial charge in [0.1, 0.15) is 5.75 Å². The Balaban J connectivity index is 2.50. The van der Waals surface area contributed by atoms with Crippen molar-refractivity contribution in [3.05, 3.63) is 29.8 Å². The van der Waals surface area contributed by atoms with Crippen LogP contribution in [0.25, 0.3) is 0 Å². The first kappa shape index (κ1) is 17.0. The molecule has 1 N–H and O–H groups in total. The second-order valence-electron chi connectivity index (χ2n) is 4.52. The standard InChI is InChI=1S/C15H22N2O4/c1-12(18)17(8-9-20-2)11-15(19)16-10-13-6-4-5-7-14(13)21-3/h4-7H,8-11H2,1-3H3,(H,16,19). The van der Waals surface area contributed by atoms with Crippen LogP contribution in [0.2, 0.25) is 0 Å². The highest BCUT2D eigenvalue weighted by Gasteiger charge is 2.13. The lowest BCUT2D eigenvalue weighted by atomic mass is 10.2. The molecule has 1 rings (SSSR count). The van der Waals surface area contributed by atoms with Crippen molar-refractivity contribution >= 4 is 11.8 Å². The molecule has 2 amide bonds. The number of hydrogen-bond acceptors (Lipinski definition) is 4. The molecule has 21 heavy (non-hydrogen) atoms. The number of amides is 2. The van der Waals surface area contributed by atoms with E-state index < -0.39 is 0 Å². The van der Waals surface area contributed by atoms with Gasteiger partial charge in [0.2, 0.25) is 11.8 Å². The van der Waals surface area contributed by atoms with Crippen LogP contribution in [0.1, 0.15) is 12.5 Å². The van der Waals surface area contributed by atoms with Crippen molar-refractivity contribution in [3.8, 4) is 5.75 Å². The number of methoxy groups -OCH3 is 2. The predicted molar refractivity (Wildman–Crippen MR) is 79.0 cm³/mol. The van der Waals surface area contributed by atoms with Gasteiger partial charge in [0.05, 0.1) is 20.3 Å². The van der Waals surface area contributed by atoms with Gasteiger partial charge in [-0.3, -0.25) is 9.59 Å². The number of rotatable bonds is 8. The Bertz CT molecular complexity index is 476. The van der Waals surface area contributed by atoms with Gasteiger partial charge in [0.25, 0.3) is 0 Å². The minimum absolute atomic E-state index is 0.0217. The van der Waals surface area contributed by atoms with Gasteiger partial charge in [-0.1, -0.05) is 18.2 Å². The van der Waals surface area contributed by atoms with Gasteiger partial charge in [-0.05, 0) is 6.07 Å². The number of nitrogens with zero attached hydrogens (tertiary/aromatic N) is 1. The van der Waals surface area contributed by atoms with Crippen molar-refractivity contribution in [2.75, 3.05) is 33.9 Å². The molecule has 6 nitrogen and oxygen atoms in total. The minimum atomic E-state index is -0.216. The van der Waals surface area contributed by atoms with Gasteiger partial charge in [-0.15, -0.1) is 0 Å². The zero-order valence-corrected chi connectivity index (χ0v) is 12.7. The van der Waals surface area contributed by atoms with Crippen molar-refractivity contribution in [2.24, 2.45) is 0 Å². The van der Waals surface area contributed by atoms with Crippen molar-refractivity contribution in [3.63, 3.8) is 0 Å². The van der Waals surface area contributed by atoms with Crippen LogP contribution in [-0.4, -0.2) is 50.6 Å². The van der Waals surface area contributed by atoms with E-state index in [0.29, 0.717) is 19.7 Å². The van der Waals surface area contributed by atoms with Gasteiger partial charge in [0, 0.05) is 32.7 Å². The van der Waals surface area contributed by atoms with E-state index in [1.54, 1.807) is 14.2 Å². The highest BCUT2D eigenvalue weighted by molar-refractivity contribution is 5.83. The van der Waals surface area contributed by atoms with Crippen LogP contribution in [0.3, 0.4) is 0 Å². The van der Waals surface area contributed by atoms with E-state index in [2.05, 4.69) is 5.32 Å². The van der Waals surface area contributed by atoms with E-state index in [9.17, 15) is 9.59 Å². The number of hydrogen-bond donors (Lipinski definition) is 1. The monoisotopic (exact) mass is 294 g/mol. The van der Waals surface area contributed by atoms with Crippen molar-refractivity contribution in [1.82, 2.24) is 10.2 Å². The summed E-state index contributed by atoms with van der Waals surface area (Å²) in [6.07, 6.45) is 0. The first-order chi connectivity index (χ1) is 10.1. The molecule has 0 aliphatic rings. The molecule has 6 heteroatoms. The quantitative estimate of drug-likeness (QED) is 0.770. The van der Waals surface area contributed by atoms with Crippen LogP contribution in [-0.2, 0) is 20.9 Å². The zero-order valence-electron chi connectivity index (χ0n) is 12.7. The SMILES string of the molecule is COCCN(CC(=O)NCc1ccccc1OC)C(C)=O. The molecule has 0 aliphatic heterocycles. The van der Waals surface area contributed by atoms with Crippen LogP contribution < -0.4 is 10.1 Å². The first-order valence-electron chi connectivity index (χ1n) is 6.71. The third kappa shape index (κ3) is 5.83. The highest BCUT2D eigenvalue weighted by Crippen LogP contribution is 2.16. The fourth-order valence-electron chi connectivity index (χ4n) is 1.82. The molecule has 0 aromatic heterocycles. The maximum absolute atomic E-state index is 11.9. The van der Waals surface area contributed by atoms with Gasteiger partial charge in [-0.2, -0.15) is 0 Å². The summed E-state index contributed by atoms with van der Waals surface area (Å²) in [4.78, 5) is 24.8. The Labute approximate surface area is 125 Å². The number of nitrogens with one attached hydrogen (secondary N) is 1. The summed E-state index contributed by atoms with van der Waals surface area (Å²) < 4.78 is 10.1. The summed E-state index contributed by atoms with van der Waals surface area (Å²) in [7, 11) is 3.14. The summed E-state index contributed by atoms with van der Waals surface area (Å²) in [6.45, 7) is 2.61. The lowest BCUT2D eigenvalue weighted by Gasteiger charge is -2.20. The lowest BCUT2D eigenvalue weighted by Crippen LogP contribution is -2.41. The maximum Gasteiger partial charge on any atom is 0.239 e. The molecule has 1 aromatic carbocycles. The second kappa shape index (κ2) is 8.97. The second-order valence-corrected chi connectivity index (χ2v) is 4.52. The molecule has 1 aromatic rings. The number of carbonyl (C=O) groups excluding carboxylic acids is 2. The van der Waals surface area contributed by atoms with Crippen LogP contribution in [0.15, 0.2) is 24.3 Å². The van der Waals surface area contributed by atoms with Crippen molar-refractivity contribution in [1.29, 1.82) is 0 Å². The summed E-state index contributed by atoms with van der Waals surface area (Å²) in [5, 5.41) is 2.78. The summed E-state index contributed by atoms with van der Waals surface area (Å²) in [6, 6.07) is 7.46. The average Bonchev–Trinajstić information content (AvgIpc) is 2.49. The van der Waals surface area contributed by atoms with Gasteiger partial charge < -0.3 is 19.7 Å². The zero-order chi connectivity index (χ0) is 15.7. The third-order valence-corrected chi connectivity index (χ3v) is 3.01. The van der Waals surface area contributed by atoms with Crippen molar-refractivity contribution in [2.45, 2.75) is 13.5 Å². The molecule has 116 valence electrons. The van der Waals surface area contributed by atoms with Gasteiger partial charge >= 0.3 is 0 Å². The highest BCUT2D eigenvalue weighted by atomic mass is 16.5. The van der Waals surface area contributed by atoms with E-state index in [1.165, 1.54) is 11.8 Å². The number of carbonyl (C=O) groups is 2. The molecular formula is C15H22N2O4. The average molecular weight is 294 g/mol. The Hall–Kier alpha value is -2.08. The van der Waals surface area contributed by atoms with E-state index in [0.717, 1.165) is 11.3 Å². The maximum atomic E-state index is 11.9. The third-order valence-electron chi connectivity index (χ3n) is 3.01. The van der Waals surface area contributed by atoms with E-state index in [-0.39, 0.29) is 18.4 Å². The number of ether oxygens (including phenoxy) is 2. The molecule has 0 atom stereocenters. The van der Waals surface area contributed by atoms with Crippen LogP contribution >= 0.6 is 0 Å². The van der Waals surface area contributed by atoms with E-state index >= 15 is 0 Å². The molecule has 0 spiro atoms. The van der Waals surface area contributed by atoms with Gasteiger partial charge in [0.15, 0.2) is 0 Å². The minimum Gasteiger partial charge on any atom is -0.496 e. The summed E-state index contributed by atoms with van der Waals surface area (Å²) in [5.41, 5.74) is 0.889. The molecule has 0 bridgehead atoms. The topological polar surface area (TPSA) is 67.9 Å². The van der Waals surface area contributed by atoms with E-state index in [1.807, 2.05) is 24.3 Å². The molecular weight excluding hydrogens is 272 g/mol. The van der Waals surface area contributed by atoms with Crippen LogP contribution in [0.5, 0.6) is 5.75 Å². The fourth-order valence-corrected chi connectivity index (χ4v) is 1.82. The largest absolute Gasteiger partial charge is 0.496 e. The van der Waals surface area contributed by atoms with Gasteiger partial charge in [-0.25, -0.2) is 0 Å². The van der Waals surface area contributed by atoms with Crippen molar-refractivity contribution < 1.29 is 19.1 Å². The lowest BCUT2D eigenvalue weighted by molar-refractivity contribution is -0.135. The summed E-state index contributed by atoms with van der Waals surface area (Å²) in [5.74, 6) is 0.354. The predicted octanol–water partition coefficient (Wildman–Crippen LogP) is 0.806.